The van der Waals surface area contributed by atoms with E-state index in [1.807, 2.05) is 7.05 Å². The Morgan fingerprint density at radius 2 is 2.42 bits per heavy atom. The van der Waals surface area contributed by atoms with Gasteiger partial charge in [-0.1, -0.05) is 6.92 Å². The molecule has 3 atom stereocenters. The molecule has 108 valence electrons. The van der Waals surface area contributed by atoms with Crippen molar-refractivity contribution in [3.05, 3.63) is 18.0 Å². The molecule has 0 aromatic carbocycles. The fraction of sp³-hybridized carbons (Fsp3) is 0.800. The monoisotopic (exact) mass is 265 g/mol. The van der Waals surface area contributed by atoms with E-state index >= 15 is 0 Å². The predicted molar refractivity (Wildman–Crippen MR) is 77.3 cm³/mol. The number of nitrogens with zero attached hydrogens (tertiary/aromatic N) is 2. The molecule has 1 aliphatic rings. The van der Waals surface area contributed by atoms with Gasteiger partial charge in [-0.05, 0) is 39.8 Å². The number of hydrogen-bond donors (Lipinski definition) is 1. The first-order chi connectivity index (χ1) is 9.11. The largest absolute Gasteiger partial charge is 0.378 e. The van der Waals surface area contributed by atoms with Crippen LogP contribution in [0.3, 0.4) is 0 Å². The summed E-state index contributed by atoms with van der Waals surface area (Å²) >= 11 is 0. The Kier molecular flexibility index (Phi) is 4.63. The zero-order valence-electron chi connectivity index (χ0n) is 12.6. The van der Waals surface area contributed by atoms with Gasteiger partial charge in [-0.15, -0.1) is 0 Å². The molecule has 3 unspecified atom stereocenters. The lowest BCUT2D eigenvalue weighted by Gasteiger charge is -2.31. The lowest BCUT2D eigenvalue weighted by Crippen LogP contribution is -2.40. The molecule has 0 bridgehead atoms. The van der Waals surface area contributed by atoms with E-state index in [0.29, 0.717) is 12.1 Å². The van der Waals surface area contributed by atoms with Gasteiger partial charge in [-0.3, -0.25) is 4.68 Å². The van der Waals surface area contributed by atoms with Crippen molar-refractivity contribution in [3.8, 4) is 0 Å². The molecule has 1 N–H and O–H groups in total. The van der Waals surface area contributed by atoms with Gasteiger partial charge in [0.15, 0.2) is 0 Å². The van der Waals surface area contributed by atoms with E-state index in [1.54, 1.807) is 0 Å². The van der Waals surface area contributed by atoms with Crippen LogP contribution in [-0.2, 0) is 11.2 Å². The van der Waals surface area contributed by atoms with Gasteiger partial charge >= 0.3 is 0 Å². The van der Waals surface area contributed by atoms with Crippen LogP contribution in [-0.4, -0.2) is 36.1 Å². The molecule has 19 heavy (non-hydrogen) atoms. The highest BCUT2D eigenvalue weighted by Gasteiger charge is 2.41. The molecule has 4 nitrogen and oxygen atoms in total. The molecule has 0 aliphatic carbocycles. The Morgan fingerprint density at radius 3 is 3.00 bits per heavy atom. The van der Waals surface area contributed by atoms with Crippen LogP contribution >= 0.6 is 0 Å². The summed E-state index contributed by atoms with van der Waals surface area (Å²) in [5.74, 6) is 0. The van der Waals surface area contributed by atoms with Crippen molar-refractivity contribution >= 4 is 0 Å². The number of aromatic nitrogens is 2. The first kappa shape index (κ1) is 14.5. The Bertz CT molecular complexity index is 404. The topological polar surface area (TPSA) is 39.1 Å². The van der Waals surface area contributed by atoms with Gasteiger partial charge in [0.25, 0.3) is 0 Å². The molecular weight excluding hydrogens is 238 g/mol. The number of nitrogens with one attached hydrogen (secondary N) is 1. The highest BCUT2D eigenvalue weighted by molar-refractivity contribution is 5.07. The fourth-order valence-electron chi connectivity index (χ4n) is 2.96. The predicted octanol–water partition coefficient (Wildman–Crippen LogP) is 2.41. The Labute approximate surface area is 116 Å². The van der Waals surface area contributed by atoms with Gasteiger partial charge in [-0.2, -0.15) is 5.10 Å². The van der Waals surface area contributed by atoms with E-state index in [-0.39, 0.29) is 5.41 Å². The number of hydrogen-bond acceptors (Lipinski definition) is 3. The average molecular weight is 265 g/mol. The van der Waals surface area contributed by atoms with Gasteiger partial charge in [0.1, 0.15) is 0 Å². The van der Waals surface area contributed by atoms with Crippen LogP contribution in [0, 0.1) is 5.41 Å². The second kappa shape index (κ2) is 6.06. The van der Waals surface area contributed by atoms with Crippen LogP contribution < -0.4 is 5.32 Å². The molecule has 1 aromatic rings. The fourth-order valence-corrected chi connectivity index (χ4v) is 2.96. The molecule has 1 fully saturated rings. The van der Waals surface area contributed by atoms with Crippen LogP contribution in [0.25, 0.3) is 0 Å². The zero-order chi connectivity index (χ0) is 13.9. The minimum Gasteiger partial charge on any atom is -0.378 e. The van der Waals surface area contributed by atoms with Crippen molar-refractivity contribution in [3.63, 3.8) is 0 Å². The Balaban J connectivity index is 2.11. The van der Waals surface area contributed by atoms with Crippen LogP contribution in [0.2, 0.25) is 0 Å². The zero-order valence-corrected chi connectivity index (χ0v) is 12.6. The van der Waals surface area contributed by atoms with Crippen molar-refractivity contribution < 1.29 is 4.74 Å². The first-order valence-electron chi connectivity index (χ1n) is 7.41. The smallest absolute Gasteiger partial charge is 0.0631 e. The van der Waals surface area contributed by atoms with E-state index in [2.05, 4.69) is 43.0 Å². The maximum absolute atomic E-state index is 5.79. The van der Waals surface area contributed by atoms with Crippen molar-refractivity contribution in [2.45, 2.75) is 52.2 Å². The third kappa shape index (κ3) is 3.00. The highest BCUT2D eigenvalue weighted by Crippen LogP contribution is 2.37. The van der Waals surface area contributed by atoms with E-state index in [9.17, 15) is 0 Å². The molecule has 1 aliphatic heterocycles. The van der Waals surface area contributed by atoms with E-state index in [0.717, 1.165) is 32.4 Å². The van der Waals surface area contributed by atoms with Crippen molar-refractivity contribution in [1.29, 1.82) is 0 Å². The normalized spacial score (nSPS) is 28.7. The van der Waals surface area contributed by atoms with Crippen LogP contribution in [0.1, 0.15) is 45.3 Å². The van der Waals surface area contributed by atoms with Gasteiger partial charge < -0.3 is 10.1 Å². The standard InChI is InChI=1S/C15H27N3O/c1-5-12(2)18-8-6-14(17-18)10-15(11-16-4)7-9-19-13(15)3/h6,8,12-13,16H,5,7,9-11H2,1-4H3. The van der Waals surface area contributed by atoms with Gasteiger partial charge in [0, 0.05) is 37.2 Å². The van der Waals surface area contributed by atoms with E-state index in [4.69, 9.17) is 9.84 Å². The number of rotatable bonds is 6. The first-order valence-corrected chi connectivity index (χ1v) is 7.41. The third-order valence-electron chi connectivity index (χ3n) is 4.60. The van der Waals surface area contributed by atoms with Crippen LogP contribution in [0.15, 0.2) is 12.3 Å². The van der Waals surface area contributed by atoms with Gasteiger partial charge in [0.05, 0.1) is 11.8 Å². The third-order valence-corrected chi connectivity index (χ3v) is 4.60. The van der Waals surface area contributed by atoms with Gasteiger partial charge in [-0.25, -0.2) is 0 Å². The Morgan fingerprint density at radius 1 is 1.63 bits per heavy atom. The summed E-state index contributed by atoms with van der Waals surface area (Å²) in [5.41, 5.74) is 1.39. The summed E-state index contributed by atoms with van der Waals surface area (Å²) < 4.78 is 7.88. The molecule has 0 amide bonds. The van der Waals surface area contributed by atoms with E-state index < -0.39 is 0 Å². The van der Waals surface area contributed by atoms with Crippen LogP contribution in [0.4, 0.5) is 0 Å². The van der Waals surface area contributed by atoms with Crippen molar-refractivity contribution in [1.82, 2.24) is 15.1 Å². The minimum absolute atomic E-state index is 0.198. The summed E-state index contributed by atoms with van der Waals surface area (Å²) in [5, 5.41) is 8.07. The average Bonchev–Trinajstić information content (AvgIpc) is 2.98. The van der Waals surface area contributed by atoms with Crippen molar-refractivity contribution in [2.24, 2.45) is 5.41 Å². The van der Waals surface area contributed by atoms with E-state index in [1.165, 1.54) is 5.69 Å². The maximum Gasteiger partial charge on any atom is 0.0631 e. The van der Waals surface area contributed by atoms with Crippen LogP contribution in [0.5, 0.6) is 0 Å². The lowest BCUT2D eigenvalue weighted by molar-refractivity contribution is 0.0634. The summed E-state index contributed by atoms with van der Waals surface area (Å²) in [6.45, 7) is 8.46. The quantitative estimate of drug-likeness (QED) is 0.858. The molecule has 1 saturated heterocycles. The molecule has 1 aromatic heterocycles. The maximum atomic E-state index is 5.79. The summed E-state index contributed by atoms with van der Waals surface area (Å²) in [7, 11) is 2.02. The SMILES string of the molecule is CCC(C)n1ccc(CC2(CNC)CCOC2C)n1. The highest BCUT2D eigenvalue weighted by atomic mass is 16.5. The molecule has 0 spiro atoms. The molecule has 2 rings (SSSR count). The molecule has 2 heterocycles. The van der Waals surface area contributed by atoms with Crippen molar-refractivity contribution in [2.75, 3.05) is 20.2 Å². The summed E-state index contributed by atoms with van der Waals surface area (Å²) in [6.07, 6.45) is 5.64. The van der Waals surface area contributed by atoms with Gasteiger partial charge in [0.2, 0.25) is 0 Å². The molecular formula is C15H27N3O. The summed E-state index contributed by atoms with van der Waals surface area (Å²) in [4.78, 5) is 0. The minimum atomic E-state index is 0.198. The molecule has 0 radical (unpaired) electrons. The summed E-state index contributed by atoms with van der Waals surface area (Å²) in [6, 6.07) is 2.64. The second-order valence-corrected chi connectivity index (χ2v) is 5.88. The number of ether oxygens (including phenoxy) is 1. The lowest BCUT2D eigenvalue weighted by atomic mass is 9.77. The molecule has 0 saturated carbocycles. The Hall–Kier alpha value is -0.870. The second-order valence-electron chi connectivity index (χ2n) is 5.88. The molecule has 4 heteroatoms.